The zero-order valence-electron chi connectivity index (χ0n) is 11.2. The molecule has 2 aliphatic rings. The zero-order valence-corrected chi connectivity index (χ0v) is 11.2. The van der Waals surface area contributed by atoms with E-state index in [-0.39, 0.29) is 5.91 Å². The average molecular weight is 272 g/mol. The van der Waals surface area contributed by atoms with Gasteiger partial charge in [-0.3, -0.25) is 10.1 Å². The SMILES string of the molecule is CN1Cc2c(C3CC=CC3)ccc(NC(=O)O)c2C1=O. The van der Waals surface area contributed by atoms with Crippen LogP contribution in [0.1, 0.15) is 40.2 Å². The maximum Gasteiger partial charge on any atom is 0.409 e. The number of nitrogens with one attached hydrogen (secondary N) is 1. The summed E-state index contributed by atoms with van der Waals surface area (Å²) in [6.45, 7) is 0.551. The quantitative estimate of drug-likeness (QED) is 0.813. The summed E-state index contributed by atoms with van der Waals surface area (Å²) in [6, 6.07) is 3.66. The summed E-state index contributed by atoms with van der Waals surface area (Å²) in [5.41, 5.74) is 3.03. The lowest BCUT2D eigenvalue weighted by Crippen LogP contribution is -2.19. The summed E-state index contributed by atoms with van der Waals surface area (Å²) in [6.07, 6.45) is 5.12. The van der Waals surface area contributed by atoms with Gasteiger partial charge >= 0.3 is 6.09 Å². The van der Waals surface area contributed by atoms with E-state index in [1.54, 1.807) is 18.0 Å². The van der Waals surface area contributed by atoms with Crippen LogP contribution in [0.4, 0.5) is 10.5 Å². The van der Waals surface area contributed by atoms with Gasteiger partial charge in [0.1, 0.15) is 0 Å². The highest BCUT2D eigenvalue weighted by Crippen LogP contribution is 2.38. The van der Waals surface area contributed by atoms with Crippen molar-refractivity contribution in [2.75, 3.05) is 12.4 Å². The molecule has 0 saturated carbocycles. The number of anilines is 1. The van der Waals surface area contributed by atoms with Gasteiger partial charge in [-0.15, -0.1) is 0 Å². The second kappa shape index (κ2) is 4.67. The molecule has 5 heteroatoms. The minimum Gasteiger partial charge on any atom is -0.465 e. The van der Waals surface area contributed by atoms with E-state index in [0.717, 1.165) is 18.4 Å². The normalized spacial score (nSPS) is 17.6. The van der Waals surface area contributed by atoms with Crippen molar-refractivity contribution >= 4 is 17.7 Å². The lowest BCUT2D eigenvalue weighted by atomic mass is 9.90. The number of fused-ring (bicyclic) bond motifs is 1. The van der Waals surface area contributed by atoms with Gasteiger partial charge in [-0.25, -0.2) is 4.79 Å². The number of allylic oxidation sites excluding steroid dienone is 2. The molecule has 2 amide bonds. The van der Waals surface area contributed by atoms with Gasteiger partial charge in [-0.05, 0) is 36.0 Å². The van der Waals surface area contributed by atoms with Gasteiger partial charge in [0, 0.05) is 13.6 Å². The van der Waals surface area contributed by atoms with Crippen LogP contribution in [-0.4, -0.2) is 29.1 Å². The smallest absolute Gasteiger partial charge is 0.409 e. The minimum atomic E-state index is -1.15. The molecule has 0 saturated heterocycles. The first-order valence-electron chi connectivity index (χ1n) is 6.64. The highest BCUT2D eigenvalue weighted by atomic mass is 16.4. The molecule has 0 atom stereocenters. The Bertz CT molecular complexity index is 614. The summed E-state index contributed by atoms with van der Waals surface area (Å²) >= 11 is 0. The van der Waals surface area contributed by atoms with Crippen LogP contribution >= 0.6 is 0 Å². The number of amides is 2. The third kappa shape index (κ3) is 1.95. The molecular formula is C15H16N2O3. The van der Waals surface area contributed by atoms with Crippen LogP contribution in [0.2, 0.25) is 0 Å². The monoisotopic (exact) mass is 272 g/mol. The fraction of sp³-hybridized carbons (Fsp3) is 0.333. The fourth-order valence-corrected chi connectivity index (χ4v) is 3.05. The van der Waals surface area contributed by atoms with E-state index >= 15 is 0 Å². The average Bonchev–Trinajstić information content (AvgIpc) is 2.99. The number of rotatable bonds is 2. The molecule has 104 valence electrons. The first kappa shape index (κ1) is 12.7. The van der Waals surface area contributed by atoms with Crippen molar-refractivity contribution in [3.05, 3.63) is 41.0 Å². The van der Waals surface area contributed by atoms with Crippen molar-refractivity contribution in [2.45, 2.75) is 25.3 Å². The molecular weight excluding hydrogens is 256 g/mol. The number of hydrogen-bond acceptors (Lipinski definition) is 2. The van der Waals surface area contributed by atoms with E-state index in [9.17, 15) is 9.59 Å². The Morgan fingerprint density at radius 1 is 1.35 bits per heavy atom. The first-order chi connectivity index (χ1) is 9.58. The molecule has 0 bridgehead atoms. The minimum absolute atomic E-state index is 0.114. The summed E-state index contributed by atoms with van der Waals surface area (Å²) in [5.74, 6) is 0.290. The van der Waals surface area contributed by atoms with E-state index in [1.807, 2.05) is 6.07 Å². The van der Waals surface area contributed by atoms with E-state index in [1.165, 1.54) is 5.56 Å². The molecule has 1 aliphatic heterocycles. The van der Waals surface area contributed by atoms with E-state index in [4.69, 9.17) is 5.11 Å². The number of carbonyl (C=O) groups is 2. The Morgan fingerprint density at radius 2 is 2.05 bits per heavy atom. The Morgan fingerprint density at radius 3 is 2.70 bits per heavy atom. The largest absolute Gasteiger partial charge is 0.465 e. The van der Waals surface area contributed by atoms with Crippen molar-refractivity contribution in [1.82, 2.24) is 4.90 Å². The topological polar surface area (TPSA) is 69.6 Å². The third-order valence-electron chi connectivity index (χ3n) is 3.99. The number of hydrogen-bond donors (Lipinski definition) is 2. The van der Waals surface area contributed by atoms with Crippen LogP contribution in [0, 0.1) is 0 Å². The molecule has 0 radical (unpaired) electrons. The summed E-state index contributed by atoms with van der Waals surface area (Å²) in [4.78, 5) is 24.7. The third-order valence-corrected chi connectivity index (χ3v) is 3.99. The van der Waals surface area contributed by atoms with Crippen LogP contribution in [-0.2, 0) is 6.54 Å². The molecule has 5 nitrogen and oxygen atoms in total. The molecule has 1 aromatic rings. The highest BCUT2D eigenvalue weighted by Gasteiger charge is 2.32. The van der Waals surface area contributed by atoms with E-state index < -0.39 is 6.09 Å². The second-order valence-corrected chi connectivity index (χ2v) is 5.29. The predicted molar refractivity (Wildman–Crippen MR) is 75.0 cm³/mol. The fourth-order valence-electron chi connectivity index (χ4n) is 3.05. The van der Waals surface area contributed by atoms with E-state index in [0.29, 0.717) is 23.7 Å². The number of carbonyl (C=O) groups excluding carboxylic acids is 1. The summed E-state index contributed by atoms with van der Waals surface area (Å²) in [7, 11) is 1.74. The number of nitrogens with zero attached hydrogens (tertiary/aromatic N) is 1. The Balaban J connectivity index is 2.08. The molecule has 3 rings (SSSR count). The lowest BCUT2D eigenvalue weighted by Gasteiger charge is -2.16. The van der Waals surface area contributed by atoms with Crippen LogP contribution in [0.15, 0.2) is 24.3 Å². The molecule has 0 spiro atoms. The molecule has 2 N–H and O–H groups in total. The maximum absolute atomic E-state index is 12.2. The van der Waals surface area contributed by atoms with Crippen molar-refractivity contribution in [1.29, 1.82) is 0 Å². The van der Waals surface area contributed by atoms with Crippen LogP contribution < -0.4 is 5.32 Å². The van der Waals surface area contributed by atoms with E-state index in [2.05, 4.69) is 17.5 Å². The molecule has 1 aliphatic carbocycles. The van der Waals surface area contributed by atoms with Gasteiger partial charge in [-0.2, -0.15) is 0 Å². The molecule has 1 aromatic carbocycles. The van der Waals surface area contributed by atoms with Gasteiger partial charge in [0.05, 0.1) is 11.3 Å². The van der Waals surface area contributed by atoms with Crippen molar-refractivity contribution in [3.8, 4) is 0 Å². The van der Waals surface area contributed by atoms with Gasteiger partial charge in [0.2, 0.25) is 0 Å². The van der Waals surface area contributed by atoms with Crippen molar-refractivity contribution in [3.63, 3.8) is 0 Å². The molecule has 0 aromatic heterocycles. The molecule has 0 unspecified atom stereocenters. The summed E-state index contributed by atoms with van der Waals surface area (Å²) < 4.78 is 0. The second-order valence-electron chi connectivity index (χ2n) is 5.29. The van der Waals surface area contributed by atoms with Gasteiger partial charge in [0.25, 0.3) is 5.91 Å². The van der Waals surface area contributed by atoms with Gasteiger partial charge < -0.3 is 10.0 Å². The van der Waals surface area contributed by atoms with Gasteiger partial charge in [0.15, 0.2) is 0 Å². The Kier molecular flexibility index (Phi) is 2.97. The Hall–Kier alpha value is -2.30. The first-order valence-corrected chi connectivity index (χ1v) is 6.64. The maximum atomic E-state index is 12.2. The predicted octanol–water partition coefficient (Wildman–Crippen LogP) is 2.80. The Labute approximate surface area is 116 Å². The lowest BCUT2D eigenvalue weighted by molar-refractivity contribution is 0.0817. The highest BCUT2D eigenvalue weighted by molar-refractivity contribution is 6.06. The zero-order chi connectivity index (χ0) is 14.3. The van der Waals surface area contributed by atoms with Gasteiger partial charge in [-0.1, -0.05) is 18.2 Å². The van der Waals surface area contributed by atoms with Crippen molar-refractivity contribution in [2.24, 2.45) is 0 Å². The molecule has 1 heterocycles. The molecule has 20 heavy (non-hydrogen) atoms. The van der Waals surface area contributed by atoms with Crippen LogP contribution in [0.25, 0.3) is 0 Å². The number of carboxylic acid groups (broad SMARTS) is 1. The van der Waals surface area contributed by atoms with Crippen molar-refractivity contribution < 1.29 is 14.7 Å². The molecule has 0 fully saturated rings. The summed E-state index contributed by atoms with van der Waals surface area (Å²) in [5, 5.41) is 11.2. The van der Waals surface area contributed by atoms with Crippen LogP contribution in [0.5, 0.6) is 0 Å². The number of benzene rings is 1. The van der Waals surface area contributed by atoms with Crippen LogP contribution in [0.3, 0.4) is 0 Å². The standard InChI is InChI=1S/C15H16N2O3/c1-17-8-11-10(9-4-2-3-5-9)6-7-12(16-15(19)20)13(11)14(17)18/h2-3,6-7,9,16H,4-5,8H2,1H3,(H,19,20).